The third kappa shape index (κ3) is 2.45. The Labute approximate surface area is 80.1 Å². The van der Waals surface area contributed by atoms with E-state index < -0.39 is 0 Å². The maximum absolute atomic E-state index is 11.4. The molecule has 1 amide bonds. The first-order valence-electron chi connectivity index (χ1n) is 5.60. The molecular formula is C11H19NO. The van der Waals surface area contributed by atoms with Crippen LogP contribution in [0.15, 0.2) is 0 Å². The SMILES string of the molecule is CCCC(=O)NC(C1CC1)C1CC1. The van der Waals surface area contributed by atoms with E-state index in [-0.39, 0.29) is 5.91 Å². The standard InChI is InChI=1S/C11H19NO/c1-2-3-10(13)12-11(8-4-5-8)9-6-7-9/h8-9,11H,2-7H2,1H3,(H,12,13). The smallest absolute Gasteiger partial charge is 0.220 e. The highest BCUT2D eigenvalue weighted by atomic mass is 16.1. The fourth-order valence-electron chi connectivity index (χ4n) is 2.02. The van der Waals surface area contributed by atoms with Gasteiger partial charge in [-0.3, -0.25) is 4.79 Å². The number of hydrogen-bond acceptors (Lipinski definition) is 1. The summed E-state index contributed by atoms with van der Waals surface area (Å²) in [5.74, 6) is 1.92. The number of amides is 1. The van der Waals surface area contributed by atoms with E-state index in [1.54, 1.807) is 0 Å². The lowest BCUT2D eigenvalue weighted by Gasteiger charge is -2.17. The summed E-state index contributed by atoms with van der Waals surface area (Å²) in [5.41, 5.74) is 0. The minimum absolute atomic E-state index is 0.270. The molecule has 0 heterocycles. The van der Waals surface area contributed by atoms with Crippen molar-refractivity contribution in [1.82, 2.24) is 5.32 Å². The molecule has 0 saturated heterocycles. The van der Waals surface area contributed by atoms with E-state index >= 15 is 0 Å². The first-order valence-corrected chi connectivity index (χ1v) is 5.60. The van der Waals surface area contributed by atoms with Crippen LogP contribution in [0.3, 0.4) is 0 Å². The highest BCUT2D eigenvalue weighted by Gasteiger charge is 2.41. The van der Waals surface area contributed by atoms with E-state index in [0.717, 1.165) is 18.3 Å². The van der Waals surface area contributed by atoms with Crippen molar-refractivity contribution in [3.63, 3.8) is 0 Å². The average molecular weight is 181 g/mol. The Morgan fingerprint density at radius 1 is 1.31 bits per heavy atom. The van der Waals surface area contributed by atoms with Crippen molar-refractivity contribution in [2.24, 2.45) is 11.8 Å². The Morgan fingerprint density at radius 2 is 1.85 bits per heavy atom. The van der Waals surface area contributed by atoms with E-state index in [0.29, 0.717) is 12.5 Å². The fourth-order valence-corrected chi connectivity index (χ4v) is 2.02. The van der Waals surface area contributed by atoms with Crippen LogP contribution < -0.4 is 5.32 Å². The summed E-state index contributed by atoms with van der Waals surface area (Å²) >= 11 is 0. The maximum atomic E-state index is 11.4. The third-order valence-corrected chi connectivity index (χ3v) is 3.06. The highest BCUT2D eigenvalue weighted by Crippen LogP contribution is 2.44. The summed E-state index contributed by atoms with van der Waals surface area (Å²) < 4.78 is 0. The molecule has 2 saturated carbocycles. The molecule has 2 heteroatoms. The zero-order valence-electron chi connectivity index (χ0n) is 8.38. The largest absolute Gasteiger partial charge is 0.353 e. The van der Waals surface area contributed by atoms with Crippen LogP contribution >= 0.6 is 0 Å². The van der Waals surface area contributed by atoms with Gasteiger partial charge in [0.15, 0.2) is 0 Å². The second kappa shape index (κ2) is 3.69. The predicted molar refractivity (Wildman–Crippen MR) is 52.3 cm³/mol. The first kappa shape index (κ1) is 9.04. The lowest BCUT2D eigenvalue weighted by Crippen LogP contribution is -2.37. The molecule has 2 aliphatic rings. The van der Waals surface area contributed by atoms with Crippen molar-refractivity contribution in [3.8, 4) is 0 Å². The van der Waals surface area contributed by atoms with Gasteiger partial charge in [-0.25, -0.2) is 0 Å². The van der Waals surface area contributed by atoms with Crippen LogP contribution in [-0.4, -0.2) is 11.9 Å². The monoisotopic (exact) mass is 181 g/mol. The topological polar surface area (TPSA) is 29.1 Å². The molecule has 0 aliphatic heterocycles. The lowest BCUT2D eigenvalue weighted by molar-refractivity contribution is -0.122. The van der Waals surface area contributed by atoms with Crippen molar-refractivity contribution in [2.45, 2.75) is 51.5 Å². The molecule has 0 unspecified atom stereocenters. The van der Waals surface area contributed by atoms with Gasteiger partial charge >= 0.3 is 0 Å². The van der Waals surface area contributed by atoms with Crippen LogP contribution in [0.25, 0.3) is 0 Å². The van der Waals surface area contributed by atoms with Crippen molar-refractivity contribution in [2.75, 3.05) is 0 Å². The summed E-state index contributed by atoms with van der Waals surface area (Å²) in [5, 5.41) is 3.20. The number of carbonyl (C=O) groups excluding carboxylic acids is 1. The Kier molecular flexibility index (Phi) is 2.56. The van der Waals surface area contributed by atoms with E-state index in [4.69, 9.17) is 0 Å². The van der Waals surface area contributed by atoms with Gasteiger partial charge in [0, 0.05) is 12.5 Å². The van der Waals surface area contributed by atoms with E-state index in [2.05, 4.69) is 12.2 Å². The van der Waals surface area contributed by atoms with Gasteiger partial charge in [-0.2, -0.15) is 0 Å². The molecule has 0 radical (unpaired) electrons. The number of nitrogens with one attached hydrogen (secondary N) is 1. The number of hydrogen-bond donors (Lipinski definition) is 1. The Bertz CT molecular complexity index is 182. The summed E-state index contributed by atoms with van der Waals surface area (Å²) in [7, 11) is 0. The summed E-state index contributed by atoms with van der Waals surface area (Å²) in [6, 6.07) is 0.541. The van der Waals surface area contributed by atoms with Crippen LogP contribution in [0.2, 0.25) is 0 Å². The van der Waals surface area contributed by atoms with Crippen molar-refractivity contribution in [3.05, 3.63) is 0 Å². The van der Waals surface area contributed by atoms with Gasteiger partial charge in [-0.15, -0.1) is 0 Å². The predicted octanol–water partition coefficient (Wildman–Crippen LogP) is 2.09. The first-order chi connectivity index (χ1) is 6.31. The van der Waals surface area contributed by atoms with E-state index in [1.165, 1.54) is 25.7 Å². The minimum Gasteiger partial charge on any atom is -0.353 e. The molecule has 2 nitrogen and oxygen atoms in total. The van der Waals surface area contributed by atoms with Gasteiger partial charge in [0.1, 0.15) is 0 Å². The zero-order valence-corrected chi connectivity index (χ0v) is 8.38. The minimum atomic E-state index is 0.270. The van der Waals surface area contributed by atoms with Gasteiger partial charge in [0.05, 0.1) is 0 Å². The molecule has 0 spiro atoms. The summed E-state index contributed by atoms with van der Waals surface area (Å²) in [6.07, 6.45) is 7.03. The summed E-state index contributed by atoms with van der Waals surface area (Å²) in [4.78, 5) is 11.4. The Balaban J connectivity index is 1.78. The molecule has 0 aromatic rings. The molecular weight excluding hydrogens is 162 g/mol. The van der Waals surface area contributed by atoms with Crippen LogP contribution in [0.4, 0.5) is 0 Å². The van der Waals surface area contributed by atoms with Gasteiger partial charge in [-0.05, 0) is 43.9 Å². The molecule has 0 aromatic carbocycles. The average Bonchev–Trinajstić information content (AvgIpc) is 2.95. The van der Waals surface area contributed by atoms with Crippen LogP contribution in [0.5, 0.6) is 0 Å². The molecule has 1 N–H and O–H groups in total. The van der Waals surface area contributed by atoms with E-state index in [1.807, 2.05) is 0 Å². The van der Waals surface area contributed by atoms with Gasteiger partial charge < -0.3 is 5.32 Å². The quantitative estimate of drug-likeness (QED) is 0.691. The van der Waals surface area contributed by atoms with Crippen molar-refractivity contribution >= 4 is 5.91 Å². The fraction of sp³-hybridized carbons (Fsp3) is 0.909. The lowest BCUT2D eigenvalue weighted by atomic mass is 10.1. The Hall–Kier alpha value is -0.530. The molecule has 2 rings (SSSR count). The second-order valence-electron chi connectivity index (χ2n) is 4.52. The second-order valence-corrected chi connectivity index (χ2v) is 4.52. The molecule has 2 fully saturated rings. The molecule has 2 aliphatic carbocycles. The third-order valence-electron chi connectivity index (χ3n) is 3.06. The molecule has 0 atom stereocenters. The van der Waals surface area contributed by atoms with Gasteiger partial charge in [0.25, 0.3) is 0 Å². The van der Waals surface area contributed by atoms with Gasteiger partial charge in [0.2, 0.25) is 5.91 Å². The molecule has 0 aromatic heterocycles. The number of carbonyl (C=O) groups is 1. The molecule has 13 heavy (non-hydrogen) atoms. The Morgan fingerprint density at radius 3 is 2.23 bits per heavy atom. The van der Waals surface area contributed by atoms with E-state index in [9.17, 15) is 4.79 Å². The number of rotatable bonds is 5. The van der Waals surface area contributed by atoms with Crippen LogP contribution in [-0.2, 0) is 4.79 Å². The van der Waals surface area contributed by atoms with Crippen molar-refractivity contribution < 1.29 is 4.79 Å². The zero-order chi connectivity index (χ0) is 9.26. The highest BCUT2D eigenvalue weighted by molar-refractivity contribution is 5.76. The molecule has 74 valence electrons. The summed E-state index contributed by atoms with van der Waals surface area (Å²) in [6.45, 7) is 2.06. The van der Waals surface area contributed by atoms with Gasteiger partial charge in [-0.1, -0.05) is 6.92 Å². The molecule has 0 bridgehead atoms. The van der Waals surface area contributed by atoms with Crippen molar-refractivity contribution in [1.29, 1.82) is 0 Å². The van der Waals surface area contributed by atoms with Crippen LogP contribution in [0.1, 0.15) is 45.4 Å². The normalized spacial score (nSPS) is 22.0. The maximum Gasteiger partial charge on any atom is 0.220 e. The van der Waals surface area contributed by atoms with Crippen LogP contribution in [0, 0.1) is 11.8 Å².